The number of nitrogens with zero attached hydrogens (tertiary/aromatic N) is 2. The number of pyridine rings is 2. The van der Waals surface area contributed by atoms with Gasteiger partial charge in [0.2, 0.25) is 0 Å². The van der Waals surface area contributed by atoms with E-state index in [1.165, 1.54) is 0 Å². The SMILES string of the molecule is Nc1ccc2c(NCc3ccccn3)ccnc2c1. The smallest absolute Gasteiger partial charge is 0.0743 e. The van der Waals surface area contributed by atoms with Gasteiger partial charge in [0.1, 0.15) is 0 Å². The summed E-state index contributed by atoms with van der Waals surface area (Å²) < 4.78 is 0. The van der Waals surface area contributed by atoms with Gasteiger partial charge in [-0.05, 0) is 36.4 Å². The summed E-state index contributed by atoms with van der Waals surface area (Å²) in [7, 11) is 0. The van der Waals surface area contributed by atoms with Gasteiger partial charge in [-0.1, -0.05) is 6.07 Å². The van der Waals surface area contributed by atoms with E-state index in [0.717, 1.165) is 28.0 Å². The summed E-state index contributed by atoms with van der Waals surface area (Å²) in [4.78, 5) is 8.61. The molecule has 3 aromatic rings. The predicted octanol–water partition coefficient (Wildman–Crippen LogP) is 2.82. The van der Waals surface area contributed by atoms with Gasteiger partial charge in [-0.25, -0.2) is 0 Å². The van der Waals surface area contributed by atoms with Crippen LogP contribution in [0.5, 0.6) is 0 Å². The number of hydrogen-bond donors (Lipinski definition) is 2. The van der Waals surface area contributed by atoms with Crippen LogP contribution in [-0.2, 0) is 6.54 Å². The van der Waals surface area contributed by atoms with Crippen molar-refractivity contribution < 1.29 is 0 Å². The molecule has 0 saturated heterocycles. The van der Waals surface area contributed by atoms with Crippen LogP contribution in [0.4, 0.5) is 11.4 Å². The van der Waals surface area contributed by atoms with Crippen LogP contribution < -0.4 is 11.1 Å². The molecule has 3 rings (SSSR count). The third-order valence-electron chi connectivity index (χ3n) is 2.95. The van der Waals surface area contributed by atoms with Crippen molar-refractivity contribution in [2.75, 3.05) is 11.1 Å². The largest absolute Gasteiger partial charge is 0.399 e. The van der Waals surface area contributed by atoms with Gasteiger partial charge >= 0.3 is 0 Å². The first-order chi connectivity index (χ1) is 9.33. The van der Waals surface area contributed by atoms with E-state index in [0.29, 0.717) is 6.54 Å². The molecular formula is C15H14N4. The number of nitrogens with two attached hydrogens (primary N) is 1. The Kier molecular flexibility index (Phi) is 2.98. The number of rotatable bonds is 3. The highest BCUT2D eigenvalue weighted by Crippen LogP contribution is 2.23. The van der Waals surface area contributed by atoms with Crippen molar-refractivity contribution in [3.05, 3.63) is 60.6 Å². The summed E-state index contributed by atoms with van der Waals surface area (Å²) in [5, 5.41) is 4.44. The molecule has 0 radical (unpaired) electrons. The highest BCUT2D eigenvalue weighted by molar-refractivity contribution is 5.92. The Balaban J connectivity index is 1.89. The summed E-state index contributed by atoms with van der Waals surface area (Å²) in [5.41, 5.74) is 9.43. The minimum atomic E-state index is 0.685. The van der Waals surface area contributed by atoms with Gasteiger partial charge in [0.05, 0.1) is 17.8 Å². The Morgan fingerprint density at radius 2 is 1.95 bits per heavy atom. The van der Waals surface area contributed by atoms with E-state index in [-0.39, 0.29) is 0 Å². The van der Waals surface area contributed by atoms with Gasteiger partial charge in [0.15, 0.2) is 0 Å². The fraction of sp³-hybridized carbons (Fsp3) is 0.0667. The van der Waals surface area contributed by atoms with Gasteiger partial charge < -0.3 is 11.1 Å². The highest BCUT2D eigenvalue weighted by Gasteiger charge is 2.02. The number of aromatic nitrogens is 2. The molecule has 0 saturated carbocycles. The Morgan fingerprint density at radius 3 is 2.79 bits per heavy atom. The Labute approximate surface area is 111 Å². The molecular weight excluding hydrogens is 236 g/mol. The maximum Gasteiger partial charge on any atom is 0.0743 e. The predicted molar refractivity (Wildman–Crippen MR) is 77.7 cm³/mol. The van der Waals surface area contributed by atoms with E-state index in [1.54, 1.807) is 12.4 Å². The van der Waals surface area contributed by atoms with Crippen LogP contribution in [0.3, 0.4) is 0 Å². The second-order valence-electron chi connectivity index (χ2n) is 4.31. The van der Waals surface area contributed by atoms with Gasteiger partial charge in [0, 0.05) is 29.2 Å². The second kappa shape index (κ2) is 4.94. The lowest BCUT2D eigenvalue weighted by Crippen LogP contribution is -2.02. The Bertz CT molecular complexity index is 695. The first-order valence-electron chi connectivity index (χ1n) is 6.11. The summed E-state index contributed by atoms with van der Waals surface area (Å²) in [6, 6.07) is 13.6. The molecule has 0 fully saturated rings. The van der Waals surface area contributed by atoms with E-state index in [4.69, 9.17) is 5.73 Å². The van der Waals surface area contributed by atoms with Crippen molar-refractivity contribution in [1.29, 1.82) is 0 Å². The number of nitrogen functional groups attached to an aromatic ring is 1. The van der Waals surface area contributed by atoms with Crippen LogP contribution in [0.25, 0.3) is 10.9 Å². The summed E-state index contributed by atoms with van der Waals surface area (Å²) in [5.74, 6) is 0. The van der Waals surface area contributed by atoms with E-state index in [1.807, 2.05) is 42.5 Å². The summed E-state index contributed by atoms with van der Waals surface area (Å²) in [6.07, 6.45) is 3.57. The van der Waals surface area contributed by atoms with Crippen molar-refractivity contribution in [2.45, 2.75) is 6.54 Å². The lowest BCUT2D eigenvalue weighted by Gasteiger charge is -2.09. The van der Waals surface area contributed by atoms with E-state index < -0.39 is 0 Å². The molecule has 1 aromatic carbocycles. The first kappa shape index (κ1) is 11.5. The molecule has 0 aliphatic carbocycles. The lowest BCUT2D eigenvalue weighted by atomic mass is 10.1. The van der Waals surface area contributed by atoms with Crippen molar-refractivity contribution in [3.63, 3.8) is 0 Å². The minimum Gasteiger partial charge on any atom is -0.399 e. The fourth-order valence-corrected chi connectivity index (χ4v) is 2.01. The summed E-state index contributed by atoms with van der Waals surface area (Å²) >= 11 is 0. The van der Waals surface area contributed by atoms with E-state index in [9.17, 15) is 0 Å². The van der Waals surface area contributed by atoms with Crippen LogP contribution >= 0.6 is 0 Å². The van der Waals surface area contributed by atoms with Crippen LogP contribution in [0, 0.1) is 0 Å². The van der Waals surface area contributed by atoms with Crippen molar-refractivity contribution in [3.8, 4) is 0 Å². The topological polar surface area (TPSA) is 63.8 Å². The van der Waals surface area contributed by atoms with Crippen molar-refractivity contribution in [2.24, 2.45) is 0 Å². The molecule has 94 valence electrons. The number of anilines is 2. The Hall–Kier alpha value is -2.62. The van der Waals surface area contributed by atoms with Gasteiger partial charge in [-0.2, -0.15) is 0 Å². The maximum absolute atomic E-state index is 5.77. The van der Waals surface area contributed by atoms with Gasteiger partial charge in [0.25, 0.3) is 0 Å². The standard InChI is InChI=1S/C15H14N4/c16-11-4-5-13-14(6-8-18-15(13)9-11)19-10-12-3-1-2-7-17-12/h1-9H,10,16H2,(H,18,19). The quantitative estimate of drug-likeness (QED) is 0.702. The highest BCUT2D eigenvalue weighted by atomic mass is 14.9. The zero-order valence-electron chi connectivity index (χ0n) is 10.4. The van der Waals surface area contributed by atoms with E-state index >= 15 is 0 Å². The van der Waals surface area contributed by atoms with Crippen LogP contribution in [0.15, 0.2) is 54.9 Å². The zero-order chi connectivity index (χ0) is 13.1. The van der Waals surface area contributed by atoms with Crippen LogP contribution in [0.2, 0.25) is 0 Å². The molecule has 4 nitrogen and oxygen atoms in total. The normalized spacial score (nSPS) is 10.5. The zero-order valence-corrected chi connectivity index (χ0v) is 10.4. The number of benzene rings is 1. The average Bonchev–Trinajstić information content (AvgIpc) is 2.45. The molecule has 0 amide bonds. The number of nitrogens with one attached hydrogen (secondary N) is 1. The molecule has 2 aromatic heterocycles. The third kappa shape index (κ3) is 2.47. The molecule has 0 unspecified atom stereocenters. The molecule has 0 bridgehead atoms. The number of hydrogen-bond acceptors (Lipinski definition) is 4. The molecule has 2 heterocycles. The van der Waals surface area contributed by atoms with Crippen molar-refractivity contribution >= 4 is 22.3 Å². The van der Waals surface area contributed by atoms with Gasteiger partial charge in [-0.3, -0.25) is 9.97 Å². The molecule has 19 heavy (non-hydrogen) atoms. The molecule has 3 N–H and O–H groups in total. The Morgan fingerprint density at radius 1 is 1.00 bits per heavy atom. The second-order valence-corrected chi connectivity index (χ2v) is 4.31. The molecule has 0 aliphatic heterocycles. The van der Waals surface area contributed by atoms with Gasteiger partial charge in [-0.15, -0.1) is 0 Å². The van der Waals surface area contributed by atoms with Crippen molar-refractivity contribution in [1.82, 2.24) is 9.97 Å². The molecule has 0 spiro atoms. The third-order valence-corrected chi connectivity index (χ3v) is 2.95. The maximum atomic E-state index is 5.77. The van der Waals surface area contributed by atoms with E-state index in [2.05, 4.69) is 15.3 Å². The lowest BCUT2D eigenvalue weighted by molar-refractivity contribution is 1.05. The fourth-order valence-electron chi connectivity index (χ4n) is 2.01. The minimum absolute atomic E-state index is 0.685. The first-order valence-corrected chi connectivity index (χ1v) is 6.11. The molecule has 4 heteroatoms. The number of fused-ring (bicyclic) bond motifs is 1. The monoisotopic (exact) mass is 250 g/mol. The van der Waals surface area contributed by atoms with Crippen LogP contribution in [0.1, 0.15) is 5.69 Å². The van der Waals surface area contributed by atoms with Crippen LogP contribution in [-0.4, -0.2) is 9.97 Å². The summed E-state index contributed by atoms with van der Waals surface area (Å²) in [6.45, 7) is 0.685. The molecule has 0 aliphatic rings. The molecule has 0 atom stereocenters. The average molecular weight is 250 g/mol.